The summed E-state index contributed by atoms with van der Waals surface area (Å²) in [6.07, 6.45) is 6.07. The zero-order chi connectivity index (χ0) is 7.68. The largest absolute Gasteiger partial charge is 0.381 e. The van der Waals surface area contributed by atoms with Gasteiger partial charge in [0.25, 0.3) is 0 Å². The Morgan fingerprint density at radius 2 is 2.70 bits per heavy atom. The number of nitrogens with zero attached hydrogens (tertiary/aromatic N) is 1. The van der Waals surface area contributed by atoms with Crippen molar-refractivity contribution >= 4 is 11.8 Å². The van der Waals surface area contributed by atoms with Gasteiger partial charge in [0.15, 0.2) is 0 Å². The van der Waals surface area contributed by atoms with E-state index in [9.17, 15) is 0 Å². The Bertz CT molecular complexity index is 307. The third-order valence-electron chi connectivity index (χ3n) is 1.51. The van der Waals surface area contributed by atoms with E-state index >= 15 is 0 Å². The Balaban J connectivity index is 2.53. The SMILES string of the molecule is [2H]c1cc2c(cn1)C=CCN2. The molecule has 0 fully saturated rings. The Kier molecular flexibility index (Phi) is 0.961. The molecule has 0 aliphatic carbocycles. The van der Waals surface area contributed by atoms with E-state index in [0.29, 0.717) is 6.17 Å². The van der Waals surface area contributed by atoms with E-state index < -0.39 is 0 Å². The molecule has 0 saturated carbocycles. The Labute approximate surface area is 61.0 Å². The fourth-order valence-corrected chi connectivity index (χ4v) is 1.00. The second-order valence-electron chi connectivity index (χ2n) is 2.18. The quantitative estimate of drug-likeness (QED) is 0.580. The summed E-state index contributed by atoms with van der Waals surface area (Å²) in [5.41, 5.74) is 2.07. The molecule has 1 aliphatic heterocycles. The van der Waals surface area contributed by atoms with Gasteiger partial charge in [-0.05, 0) is 6.07 Å². The first-order valence-corrected chi connectivity index (χ1v) is 3.23. The predicted octanol–water partition coefficient (Wildman–Crippen LogP) is 1.52. The molecule has 0 atom stereocenters. The van der Waals surface area contributed by atoms with Crippen LogP contribution < -0.4 is 5.32 Å². The molecule has 2 heteroatoms. The lowest BCUT2D eigenvalue weighted by atomic mass is 10.2. The van der Waals surface area contributed by atoms with Crippen molar-refractivity contribution in [3.05, 3.63) is 30.1 Å². The number of hydrogen-bond acceptors (Lipinski definition) is 2. The molecule has 0 unspecified atom stereocenters. The van der Waals surface area contributed by atoms with Crippen molar-refractivity contribution < 1.29 is 1.37 Å². The van der Waals surface area contributed by atoms with Gasteiger partial charge in [-0.15, -0.1) is 0 Å². The van der Waals surface area contributed by atoms with Gasteiger partial charge in [-0.2, -0.15) is 0 Å². The smallest absolute Gasteiger partial charge is 0.0841 e. The molecule has 0 bridgehead atoms. The minimum absolute atomic E-state index is 0.312. The predicted molar refractivity (Wildman–Crippen MR) is 41.8 cm³/mol. The fraction of sp³-hybridized carbons (Fsp3) is 0.125. The van der Waals surface area contributed by atoms with Crippen molar-refractivity contribution in [3.8, 4) is 0 Å². The lowest BCUT2D eigenvalue weighted by Crippen LogP contribution is -2.03. The van der Waals surface area contributed by atoms with E-state index in [4.69, 9.17) is 1.37 Å². The molecule has 1 N–H and O–H groups in total. The number of hydrogen-bond donors (Lipinski definition) is 1. The van der Waals surface area contributed by atoms with E-state index in [1.807, 2.05) is 12.2 Å². The van der Waals surface area contributed by atoms with Crippen LogP contribution in [0.3, 0.4) is 0 Å². The van der Waals surface area contributed by atoms with Crippen LogP contribution in [-0.4, -0.2) is 11.5 Å². The summed E-state index contributed by atoms with van der Waals surface area (Å²) >= 11 is 0. The minimum Gasteiger partial charge on any atom is -0.381 e. The zero-order valence-electron chi connectivity index (χ0n) is 6.46. The van der Waals surface area contributed by atoms with Gasteiger partial charge in [0.1, 0.15) is 0 Å². The molecule has 0 spiro atoms. The highest BCUT2D eigenvalue weighted by Crippen LogP contribution is 2.17. The molecule has 50 valence electrons. The molecule has 2 rings (SSSR count). The van der Waals surface area contributed by atoms with Crippen LogP contribution in [0.5, 0.6) is 0 Å². The molecular formula is C8H8N2. The number of nitrogens with one attached hydrogen (secondary N) is 1. The molecule has 0 saturated heterocycles. The molecule has 0 radical (unpaired) electrons. The molecule has 1 aliphatic rings. The molecule has 0 amide bonds. The lowest BCUT2D eigenvalue weighted by Gasteiger charge is -2.10. The zero-order valence-corrected chi connectivity index (χ0v) is 5.46. The Morgan fingerprint density at radius 3 is 3.70 bits per heavy atom. The number of pyridine rings is 1. The van der Waals surface area contributed by atoms with Crippen molar-refractivity contribution in [3.63, 3.8) is 0 Å². The van der Waals surface area contributed by atoms with Crippen LogP contribution in [0.15, 0.2) is 24.5 Å². The van der Waals surface area contributed by atoms with Crippen molar-refractivity contribution in [2.75, 3.05) is 11.9 Å². The highest BCUT2D eigenvalue weighted by molar-refractivity contribution is 5.68. The molecule has 10 heavy (non-hydrogen) atoms. The van der Waals surface area contributed by atoms with Crippen LogP contribution in [0.25, 0.3) is 6.08 Å². The van der Waals surface area contributed by atoms with Gasteiger partial charge >= 0.3 is 0 Å². The van der Waals surface area contributed by atoms with Crippen LogP contribution in [0, 0.1) is 0 Å². The third-order valence-corrected chi connectivity index (χ3v) is 1.51. The van der Waals surface area contributed by atoms with E-state index in [1.54, 1.807) is 12.3 Å². The fourth-order valence-electron chi connectivity index (χ4n) is 1.00. The van der Waals surface area contributed by atoms with Gasteiger partial charge in [0.2, 0.25) is 0 Å². The van der Waals surface area contributed by atoms with Crippen LogP contribution >= 0.6 is 0 Å². The highest BCUT2D eigenvalue weighted by atomic mass is 14.9. The first-order chi connectivity index (χ1) is 5.36. The Hall–Kier alpha value is -1.31. The molecule has 1 aromatic heterocycles. The maximum absolute atomic E-state index is 7.26. The minimum atomic E-state index is 0.312. The van der Waals surface area contributed by atoms with Crippen molar-refractivity contribution in [2.45, 2.75) is 0 Å². The van der Waals surface area contributed by atoms with Gasteiger partial charge in [-0.3, -0.25) is 4.98 Å². The summed E-state index contributed by atoms with van der Waals surface area (Å²) in [4.78, 5) is 3.87. The molecule has 0 aromatic carbocycles. The van der Waals surface area contributed by atoms with Crippen LogP contribution in [-0.2, 0) is 0 Å². The first kappa shape index (κ1) is 4.50. The molecule has 2 nitrogen and oxygen atoms in total. The summed E-state index contributed by atoms with van der Waals surface area (Å²) in [6.45, 7) is 0.844. The number of rotatable bonds is 0. The second-order valence-corrected chi connectivity index (χ2v) is 2.18. The van der Waals surface area contributed by atoms with Crippen molar-refractivity contribution in [1.82, 2.24) is 4.98 Å². The monoisotopic (exact) mass is 133 g/mol. The second kappa shape index (κ2) is 2.14. The van der Waals surface area contributed by atoms with Crippen LogP contribution in [0.4, 0.5) is 5.69 Å². The summed E-state index contributed by atoms with van der Waals surface area (Å²) < 4.78 is 7.26. The van der Waals surface area contributed by atoms with Crippen molar-refractivity contribution in [2.24, 2.45) is 0 Å². The topological polar surface area (TPSA) is 24.9 Å². The van der Waals surface area contributed by atoms with E-state index in [-0.39, 0.29) is 0 Å². The van der Waals surface area contributed by atoms with E-state index in [0.717, 1.165) is 17.8 Å². The highest BCUT2D eigenvalue weighted by Gasteiger charge is 1.99. The van der Waals surface area contributed by atoms with Gasteiger partial charge in [0.05, 0.1) is 1.37 Å². The average molecular weight is 133 g/mol. The summed E-state index contributed by atoms with van der Waals surface area (Å²) in [5, 5.41) is 3.16. The van der Waals surface area contributed by atoms with Gasteiger partial charge < -0.3 is 5.32 Å². The first-order valence-electron chi connectivity index (χ1n) is 3.73. The number of aromatic nitrogens is 1. The average Bonchev–Trinajstić information content (AvgIpc) is 2.04. The summed E-state index contributed by atoms with van der Waals surface area (Å²) in [6, 6.07) is 1.73. The summed E-state index contributed by atoms with van der Waals surface area (Å²) in [5.74, 6) is 0. The molecular weight excluding hydrogens is 124 g/mol. The maximum atomic E-state index is 7.26. The number of fused-ring (bicyclic) bond motifs is 1. The van der Waals surface area contributed by atoms with E-state index in [2.05, 4.69) is 10.3 Å². The standard InChI is InChI=1S/C8H8N2/c1-2-7-6-9-5-3-8(7)10-4-1/h1-3,5-6,10H,4H2/i5D. The van der Waals surface area contributed by atoms with E-state index in [1.165, 1.54) is 0 Å². The number of anilines is 1. The van der Waals surface area contributed by atoms with Crippen LogP contribution in [0.2, 0.25) is 0 Å². The van der Waals surface area contributed by atoms with Gasteiger partial charge in [0, 0.05) is 30.2 Å². The lowest BCUT2D eigenvalue weighted by molar-refractivity contribution is 1.25. The van der Waals surface area contributed by atoms with Crippen molar-refractivity contribution in [1.29, 1.82) is 0 Å². The Morgan fingerprint density at radius 1 is 1.70 bits per heavy atom. The molecule has 1 aromatic rings. The van der Waals surface area contributed by atoms with Gasteiger partial charge in [-0.25, -0.2) is 0 Å². The van der Waals surface area contributed by atoms with Crippen LogP contribution in [0.1, 0.15) is 6.93 Å². The van der Waals surface area contributed by atoms with Gasteiger partial charge in [-0.1, -0.05) is 12.2 Å². The normalized spacial score (nSPS) is 15.4. The summed E-state index contributed by atoms with van der Waals surface area (Å²) in [7, 11) is 0. The molecule has 2 heterocycles. The maximum Gasteiger partial charge on any atom is 0.0841 e. The third kappa shape index (κ3) is 0.778.